The molecule has 0 bridgehead atoms. The maximum absolute atomic E-state index is 4.64. The molecule has 0 aromatic carbocycles. The lowest BCUT2D eigenvalue weighted by Gasteiger charge is -2.16. The van der Waals surface area contributed by atoms with Gasteiger partial charge in [0.15, 0.2) is 5.96 Å². The van der Waals surface area contributed by atoms with Gasteiger partial charge in [0.25, 0.3) is 0 Å². The molecule has 1 saturated carbocycles. The monoisotopic (exact) mass is 280 g/mol. The molecule has 0 aliphatic heterocycles. The van der Waals surface area contributed by atoms with E-state index in [4.69, 9.17) is 0 Å². The second-order valence-electron chi connectivity index (χ2n) is 4.89. The molecule has 1 aliphatic carbocycles. The van der Waals surface area contributed by atoms with E-state index in [0.717, 1.165) is 23.9 Å². The van der Waals surface area contributed by atoms with Crippen molar-refractivity contribution in [3.05, 3.63) is 16.1 Å². The van der Waals surface area contributed by atoms with E-state index in [9.17, 15) is 0 Å². The predicted molar refractivity (Wildman–Crippen MR) is 81.7 cm³/mol. The first-order chi connectivity index (χ1) is 9.31. The van der Waals surface area contributed by atoms with E-state index < -0.39 is 0 Å². The molecule has 0 spiro atoms. The van der Waals surface area contributed by atoms with Crippen LogP contribution < -0.4 is 10.6 Å². The van der Waals surface area contributed by atoms with Crippen LogP contribution in [0.15, 0.2) is 11.2 Å². The van der Waals surface area contributed by atoms with Gasteiger partial charge in [-0.05, 0) is 26.2 Å². The average molecular weight is 280 g/mol. The lowest BCUT2D eigenvalue weighted by molar-refractivity contribution is 0.614. The molecular formula is C14H24N4S. The van der Waals surface area contributed by atoms with E-state index in [-0.39, 0.29) is 0 Å². The highest BCUT2D eigenvalue weighted by atomic mass is 32.1. The summed E-state index contributed by atoms with van der Waals surface area (Å²) in [7, 11) is 0. The topological polar surface area (TPSA) is 49.3 Å². The van der Waals surface area contributed by atoms with Gasteiger partial charge in [0.1, 0.15) is 5.01 Å². The van der Waals surface area contributed by atoms with E-state index in [0.29, 0.717) is 12.6 Å². The molecule has 5 heteroatoms. The van der Waals surface area contributed by atoms with Crippen LogP contribution in [0.3, 0.4) is 0 Å². The number of nitrogens with one attached hydrogen (secondary N) is 2. The van der Waals surface area contributed by atoms with Gasteiger partial charge < -0.3 is 10.6 Å². The number of hydrogen-bond acceptors (Lipinski definition) is 3. The van der Waals surface area contributed by atoms with E-state index in [2.05, 4.69) is 34.5 Å². The van der Waals surface area contributed by atoms with Crippen molar-refractivity contribution in [1.82, 2.24) is 15.6 Å². The van der Waals surface area contributed by atoms with Crippen LogP contribution in [-0.2, 0) is 13.0 Å². The number of hydrogen-bond donors (Lipinski definition) is 2. The van der Waals surface area contributed by atoms with Crippen molar-refractivity contribution in [2.24, 2.45) is 4.99 Å². The summed E-state index contributed by atoms with van der Waals surface area (Å²) in [5.41, 5.74) is 0. The average Bonchev–Trinajstić information content (AvgIpc) is 3.07. The first kappa shape index (κ1) is 14.3. The molecule has 2 N–H and O–H groups in total. The van der Waals surface area contributed by atoms with Gasteiger partial charge in [-0.2, -0.15) is 0 Å². The first-order valence-electron chi connectivity index (χ1n) is 7.30. The lowest BCUT2D eigenvalue weighted by atomic mass is 10.2. The number of rotatable bonds is 5. The van der Waals surface area contributed by atoms with Gasteiger partial charge in [-0.3, -0.25) is 0 Å². The van der Waals surface area contributed by atoms with Crippen LogP contribution in [-0.4, -0.2) is 23.5 Å². The quantitative estimate of drug-likeness (QED) is 0.644. The Morgan fingerprint density at radius 3 is 2.84 bits per heavy atom. The summed E-state index contributed by atoms with van der Waals surface area (Å²) >= 11 is 1.76. The number of aliphatic imine (C=N–C) groups is 1. The van der Waals surface area contributed by atoms with E-state index in [1.54, 1.807) is 11.3 Å². The molecule has 0 unspecified atom stereocenters. The third kappa shape index (κ3) is 4.49. The molecule has 1 aromatic rings. The first-order valence-corrected chi connectivity index (χ1v) is 8.12. The second-order valence-corrected chi connectivity index (χ2v) is 6.09. The van der Waals surface area contributed by atoms with Crippen LogP contribution >= 0.6 is 11.3 Å². The highest BCUT2D eigenvalue weighted by Gasteiger charge is 2.15. The molecule has 0 atom stereocenters. The van der Waals surface area contributed by atoms with Crippen LogP contribution in [0.2, 0.25) is 0 Å². The lowest BCUT2D eigenvalue weighted by Crippen LogP contribution is -2.42. The maximum atomic E-state index is 4.64. The Hall–Kier alpha value is -1.10. The molecule has 1 heterocycles. The zero-order chi connectivity index (χ0) is 13.5. The largest absolute Gasteiger partial charge is 0.357 e. The van der Waals surface area contributed by atoms with Gasteiger partial charge in [-0.1, -0.05) is 19.8 Å². The van der Waals surface area contributed by atoms with E-state index in [1.165, 1.54) is 30.6 Å². The van der Waals surface area contributed by atoms with Crippen molar-refractivity contribution in [1.29, 1.82) is 0 Å². The molecule has 4 nitrogen and oxygen atoms in total. The summed E-state index contributed by atoms with van der Waals surface area (Å²) in [4.78, 5) is 10.4. The molecule has 1 aromatic heterocycles. The summed E-state index contributed by atoms with van der Waals surface area (Å²) in [5, 5.41) is 7.94. The number of aryl methyl sites for hydroxylation is 1. The molecule has 1 fully saturated rings. The highest BCUT2D eigenvalue weighted by Crippen LogP contribution is 2.17. The minimum absolute atomic E-state index is 0.597. The van der Waals surface area contributed by atoms with Gasteiger partial charge >= 0.3 is 0 Å². The zero-order valence-corrected chi connectivity index (χ0v) is 12.7. The number of nitrogens with zero attached hydrogens (tertiary/aromatic N) is 2. The second kappa shape index (κ2) is 7.48. The van der Waals surface area contributed by atoms with Gasteiger partial charge in [0.2, 0.25) is 0 Å². The van der Waals surface area contributed by atoms with Crippen LogP contribution in [0.25, 0.3) is 0 Å². The fourth-order valence-electron chi connectivity index (χ4n) is 2.31. The summed E-state index contributed by atoms with van der Waals surface area (Å²) in [5.74, 6) is 0.933. The molecular weight excluding hydrogens is 256 g/mol. The number of aromatic nitrogens is 1. The zero-order valence-electron chi connectivity index (χ0n) is 11.9. The normalized spacial score (nSPS) is 16.8. The molecule has 2 rings (SSSR count). The van der Waals surface area contributed by atoms with Crippen molar-refractivity contribution in [3.8, 4) is 0 Å². The van der Waals surface area contributed by atoms with Crippen molar-refractivity contribution in [3.63, 3.8) is 0 Å². The minimum Gasteiger partial charge on any atom is -0.357 e. The van der Waals surface area contributed by atoms with E-state index >= 15 is 0 Å². The van der Waals surface area contributed by atoms with E-state index in [1.807, 2.05) is 6.20 Å². The predicted octanol–water partition coefficient (Wildman–Crippen LogP) is 2.70. The molecule has 1 aliphatic rings. The van der Waals surface area contributed by atoms with Gasteiger partial charge in [0.05, 0.1) is 6.54 Å². The Labute approximate surface area is 119 Å². The summed E-state index contributed by atoms with van der Waals surface area (Å²) in [6, 6.07) is 0.597. The van der Waals surface area contributed by atoms with Crippen LogP contribution in [0.5, 0.6) is 0 Å². The van der Waals surface area contributed by atoms with Crippen molar-refractivity contribution in [2.75, 3.05) is 6.54 Å². The Morgan fingerprint density at radius 1 is 1.42 bits per heavy atom. The Balaban J connectivity index is 1.90. The Morgan fingerprint density at radius 2 is 2.21 bits per heavy atom. The summed E-state index contributed by atoms with van der Waals surface area (Å²) in [6.45, 7) is 5.83. The fourth-order valence-corrected chi connectivity index (χ4v) is 3.10. The van der Waals surface area contributed by atoms with Crippen molar-refractivity contribution in [2.45, 2.75) is 58.5 Å². The van der Waals surface area contributed by atoms with Crippen LogP contribution in [0.4, 0.5) is 0 Å². The van der Waals surface area contributed by atoms with Crippen LogP contribution in [0, 0.1) is 0 Å². The number of guanidine groups is 1. The van der Waals surface area contributed by atoms with Gasteiger partial charge in [-0.25, -0.2) is 9.98 Å². The van der Waals surface area contributed by atoms with Crippen molar-refractivity contribution < 1.29 is 0 Å². The molecule has 0 amide bonds. The third-order valence-electron chi connectivity index (χ3n) is 3.36. The Bertz CT molecular complexity index is 407. The molecule has 0 saturated heterocycles. The molecule has 19 heavy (non-hydrogen) atoms. The fraction of sp³-hybridized carbons (Fsp3) is 0.714. The SMILES string of the molecule is CCNC(=NCc1ncc(CC)s1)NC1CCCC1. The van der Waals surface area contributed by atoms with Crippen molar-refractivity contribution >= 4 is 17.3 Å². The smallest absolute Gasteiger partial charge is 0.191 e. The van der Waals surface area contributed by atoms with Gasteiger partial charge in [-0.15, -0.1) is 11.3 Å². The van der Waals surface area contributed by atoms with Gasteiger partial charge in [0, 0.05) is 23.7 Å². The third-order valence-corrected chi connectivity index (χ3v) is 4.49. The molecule has 106 valence electrons. The summed E-state index contributed by atoms with van der Waals surface area (Å²) < 4.78 is 0. The minimum atomic E-state index is 0.597. The molecule has 0 radical (unpaired) electrons. The Kier molecular flexibility index (Phi) is 5.63. The summed E-state index contributed by atoms with van der Waals surface area (Å²) in [6.07, 6.45) is 8.23. The van der Waals surface area contributed by atoms with Crippen LogP contribution in [0.1, 0.15) is 49.4 Å². The number of thiazole rings is 1. The maximum Gasteiger partial charge on any atom is 0.191 e. The highest BCUT2D eigenvalue weighted by molar-refractivity contribution is 7.11. The standard InChI is InChI=1S/C14H24N4S/c1-3-12-9-16-13(19-12)10-17-14(15-4-2)18-11-7-5-6-8-11/h9,11H,3-8,10H2,1-2H3,(H2,15,17,18).